The van der Waals surface area contributed by atoms with Crippen LogP contribution in [0.1, 0.15) is 12.7 Å². The van der Waals surface area contributed by atoms with Crippen molar-refractivity contribution in [2.45, 2.75) is 26.5 Å². The van der Waals surface area contributed by atoms with Crippen LogP contribution in [0.2, 0.25) is 0 Å². The molecule has 0 saturated heterocycles. The van der Waals surface area contributed by atoms with E-state index in [2.05, 4.69) is 9.97 Å². The Balaban J connectivity index is 1.66. The lowest BCUT2D eigenvalue weighted by Crippen LogP contribution is -2.20. The number of nitrogens with two attached hydrogens (primary N) is 2. The molecule has 7 nitrogen and oxygen atoms in total. The van der Waals surface area contributed by atoms with Crippen LogP contribution in [0, 0.1) is 12.7 Å². The second kappa shape index (κ2) is 7.38. The Morgan fingerprint density at radius 1 is 1.03 bits per heavy atom. The molecule has 3 heterocycles. The number of halogens is 1. The first-order valence-electron chi connectivity index (χ1n) is 9.18. The van der Waals surface area contributed by atoms with Gasteiger partial charge in [-0.1, -0.05) is 6.07 Å². The molecule has 0 amide bonds. The summed E-state index contributed by atoms with van der Waals surface area (Å²) >= 11 is 0. The minimum Gasteiger partial charge on any atom is -0.489 e. The van der Waals surface area contributed by atoms with Gasteiger partial charge in [0.2, 0.25) is 0 Å². The van der Waals surface area contributed by atoms with Crippen molar-refractivity contribution in [2.24, 2.45) is 0 Å². The molecule has 8 heteroatoms. The lowest BCUT2D eigenvalue weighted by atomic mass is 10.1. The third-order valence-corrected chi connectivity index (χ3v) is 4.52. The van der Waals surface area contributed by atoms with Gasteiger partial charge in [-0.25, -0.2) is 19.3 Å². The molecule has 0 aliphatic rings. The van der Waals surface area contributed by atoms with Crippen LogP contribution in [0.4, 0.5) is 16.0 Å². The smallest absolute Gasteiger partial charge is 0.160 e. The number of nitrogen functional groups attached to an aromatic ring is 2. The van der Waals surface area contributed by atoms with Crippen LogP contribution in [0.3, 0.4) is 0 Å². The zero-order valence-electron chi connectivity index (χ0n) is 16.1. The monoisotopic (exact) mass is 392 g/mol. The van der Waals surface area contributed by atoms with E-state index < -0.39 is 0 Å². The number of nitrogens with zero attached hydrogens (tertiary/aromatic N) is 4. The molecule has 0 aliphatic carbocycles. The van der Waals surface area contributed by atoms with Crippen LogP contribution in [-0.2, 0) is 6.54 Å². The molecule has 0 saturated carbocycles. The minimum absolute atomic E-state index is 0.217. The Bertz CT molecular complexity index is 1170. The van der Waals surface area contributed by atoms with Crippen LogP contribution in [0.15, 0.2) is 48.5 Å². The van der Waals surface area contributed by atoms with Crippen LogP contribution in [0.25, 0.3) is 22.4 Å². The first-order valence-corrected chi connectivity index (χ1v) is 9.18. The molecule has 4 aromatic rings. The number of aryl methyl sites for hydroxylation is 1. The summed E-state index contributed by atoms with van der Waals surface area (Å²) in [5.41, 5.74) is 14.6. The highest BCUT2D eigenvalue weighted by Gasteiger charge is 2.15. The molecular weight excluding hydrogens is 371 g/mol. The van der Waals surface area contributed by atoms with Gasteiger partial charge in [-0.15, -0.1) is 0 Å². The summed E-state index contributed by atoms with van der Waals surface area (Å²) in [5, 5.41) is 0. The molecular formula is C21H21FN6O. The lowest BCUT2D eigenvalue weighted by Gasteiger charge is -2.16. The van der Waals surface area contributed by atoms with Crippen molar-refractivity contribution in [3.8, 4) is 17.0 Å². The average Bonchev–Trinajstić information content (AvgIpc) is 2.95. The second-order valence-electron chi connectivity index (χ2n) is 6.90. The van der Waals surface area contributed by atoms with Crippen molar-refractivity contribution in [1.29, 1.82) is 0 Å². The second-order valence-corrected chi connectivity index (χ2v) is 6.90. The third kappa shape index (κ3) is 3.96. The van der Waals surface area contributed by atoms with Crippen LogP contribution in [0.5, 0.6) is 5.75 Å². The number of ether oxygens (including phenoxy) is 1. The number of imidazole rings is 1. The Morgan fingerprint density at radius 2 is 1.79 bits per heavy atom. The Hall–Kier alpha value is -3.68. The number of benzene rings is 1. The summed E-state index contributed by atoms with van der Waals surface area (Å²) in [6.45, 7) is 4.35. The molecule has 1 atom stereocenters. The van der Waals surface area contributed by atoms with Gasteiger partial charge >= 0.3 is 0 Å². The fraction of sp³-hybridized carbons (Fsp3) is 0.190. The number of aromatic nitrogens is 4. The maximum Gasteiger partial charge on any atom is 0.160 e. The number of pyridine rings is 2. The zero-order valence-corrected chi connectivity index (χ0v) is 16.1. The molecule has 0 radical (unpaired) electrons. The van der Waals surface area contributed by atoms with E-state index in [0.29, 0.717) is 23.9 Å². The molecule has 0 bridgehead atoms. The van der Waals surface area contributed by atoms with Gasteiger partial charge in [-0.2, -0.15) is 0 Å². The van der Waals surface area contributed by atoms with Crippen LogP contribution in [-0.4, -0.2) is 25.6 Å². The predicted molar refractivity (Wildman–Crippen MR) is 111 cm³/mol. The van der Waals surface area contributed by atoms with Crippen molar-refractivity contribution in [3.05, 3.63) is 60.2 Å². The van der Waals surface area contributed by atoms with Gasteiger partial charge in [0.05, 0.1) is 12.2 Å². The van der Waals surface area contributed by atoms with Gasteiger partial charge in [-0.3, -0.25) is 0 Å². The maximum atomic E-state index is 13.4. The van der Waals surface area contributed by atoms with Gasteiger partial charge in [0.15, 0.2) is 5.65 Å². The molecule has 0 unspecified atom stereocenters. The normalized spacial score (nSPS) is 12.2. The largest absolute Gasteiger partial charge is 0.489 e. The first kappa shape index (κ1) is 18.7. The molecule has 1 aromatic carbocycles. The van der Waals surface area contributed by atoms with Gasteiger partial charge in [0, 0.05) is 11.6 Å². The van der Waals surface area contributed by atoms with E-state index in [9.17, 15) is 4.39 Å². The third-order valence-electron chi connectivity index (χ3n) is 4.52. The number of rotatable bonds is 5. The number of fused-ring (bicyclic) bond motifs is 1. The van der Waals surface area contributed by atoms with E-state index in [1.54, 1.807) is 24.3 Å². The quantitative estimate of drug-likeness (QED) is 0.538. The van der Waals surface area contributed by atoms with Gasteiger partial charge in [-0.05, 0) is 50.2 Å². The highest BCUT2D eigenvalue weighted by molar-refractivity contribution is 5.77. The maximum absolute atomic E-state index is 13.4. The van der Waals surface area contributed by atoms with E-state index in [-0.39, 0.29) is 11.9 Å². The Morgan fingerprint density at radius 3 is 2.52 bits per heavy atom. The molecule has 0 fully saturated rings. The van der Waals surface area contributed by atoms with Crippen molar-refractivity contribution >= 4 is 22.8 Å². The summed E-state index contributed by atoms with van der Waals surface area (Å²) in [6, 6.07) is 13.3. The van der Waals surface area contributed by atoms with Gasteiger partial charge < -0.3 is 20.8 Å². The number of anilines is 2. The van der Waals surface area contributed by atoms with Crippen LogP contribution < -0.4 is 16.2 Å². The number of hydrogen-bond donors (Lipinski definition) is 2. The van der Waals surface area contributed by atoms with E-state index in [4.69, 9.17) is 21.2 Å². The first-order chi connectivity index (χ1) is 13.9. The van der Waals surface area contributed by atoms with Gasteiger partial charge in [0.1, 0.15) is 40.6 Å². The van der Waals surface area contributed by atoms with Crippen molar-refractivity contribution in [3.63, 3.8) is 0 Å². The van der Waals surface area contributed by atoms with Gasteiger partial charge in [0.25, 0.3) is 0 Å². The molecule has 148 valence electrons. The topological polar surface area (TPSA) is 105 Å². The fourth-order valence-corrected chi connectivity index (χ4v) is 3.28. The average molecular weight is 392 g/mol. The minimum atomic E-state index is -0.332. The highest BCUT2D eigenvalue weighted by Crippen LogP contribution is 2.25. The Labute approximate surface area is 167 Å². The van der Waals surface area contributed by atoms with E-state index >= 15 is 0 Å². The van der Waals surface area contributed by atoms with Crippen molar-refractivity contribution in [2.75, 3.05) is 11.5 Å². The summed E-state index contributed by atoms with van der Waals surface area (Å²) in [4.78, 5) is 13.3. The number of hydrogen-bond acceptors (Lipinski definition) is 6. The van der Waals surface area contributed by atoms with Crippen LogP contribution >= 0.6 is 0 Å². The Kier molecular flexibility index (Phi) is 4.75. The molecule has 3 aromatic heterocycles. The fourth-order valence-electron chi connectivity index (χ4n) is 3.28. The molecule has 4 rings (SSSR count). The predicted octanol–water partition coefficient (Wildman–Crippen LogP) is 3.57. The summed E-state index contributed by atoms with van der Waals surface area (Å²) in [5.74, 6) is 1.64. The van der Waals surface area contributed by atoms with Crippen molar-refractivity contribution in [1.82, 2.24) is 19.5 Å². The lowest BCUT2D eigenvalue weighted by molar-refractivity contribution is 0.199. The zero-order chi connectivity index (χ0) is 20.5. The molecule has 4 N–H and O–H groups in total. The van der Waals surface area contributed by atoms with E-state index in [1.165, 1.54) is 12.1 Å². The molecule has 0 aliphatic heterocycles. The summed E-state index contributed by atoms with van der Waals surface area (Å²) < 4.78 is 21.2. The molecule has 0 spiro atoms. The SMILES string of the molecule is Cc1nc2ccc(-c3cc(N)nc(N)c3)nc2n1C[C@@H](C)Oc1cccc(F)c1. The molecule has 29 heavy (non-hydrogen) atoms. The van der Waals surface area contributed by atoms with Crippen molar-refractivity contribution < 1.29 is 9.13 Å². The van der Waals surface area contributed by atoms with E-state index in [1.807, 2.05) is 30.5 Å². The standard InChI is InChI=1S/C21H21FN6O/c1-12(29-16-5-3-4-15(22)10-16)11-28-13(2)25-18-7-6-17(26-21(18)28)14-8-19(23)27-20(24)9-14/h3-10,12H,11H2,1-2H3,(H4,23,24,27)/t12-/m1/s1. The van der Waals surface area contributed by atoms with E-state index in [0.717, 1.165) is 28.2 Å². The highest BCUT2D eigenvalue weighted by atomic mass is 19.1. The summed E-state index contributed by atoms with van der Waals surface area (Å²) in [6.07, 6.45) is -0.217. The summed E-state index contributed by atoms with van der Waals surface area (Å²) in [7, 11) is 0.